The highest BCUT2D eigenvalue weighted by Crippen LogP contribution is 2.46. The van der Waals surface area contributed by atoms with Crippen molar-refractivity contribution in [2.45, 2.75) is 12.8 Å². The van der Waals surface area contributed by atoms with Gasteiger partial charge in [0, 0.05) is 37.8 Å². The predicted octanol–water partition coefficient (Wildman–Crippen LogP) is 1.34. The second-order valence-electron chi connectivity index (χ2n) is 5.59. The summed E-state index contributed by atoms with van der Waals surface area (Å²) in [4.78, 5) is 13.6. The molecule has 0 bridgehead atoms. The highest BCUT2D eigenvalue weighted by atomic mass is 16.4. The molecule has 1 aromatic carbocycles. The minimum absolute atomic E-state index is 0.0707. The van der Waals surface area contributed by atoms with Crippen LogP contribution in [-0.4, -0.2) is 29.9 Å². The zero-order valence-electron chi connectivity index (χ0n) is 11.2. The van der Waals surface area contributed by atoms with Crippen LogP contribution >= 0.6 is 0 Å². The molecule has 5 heteroatoms. The number of aliphatic hydroxyl groups excluding tert-OH is 1. The van der Waals surface area contributed by atoms with Crippen LogP contribution in [-0.2, 0) is 7.05 Å². The number of hydrogen-bond acceptors (Lipinski definition) is 4. The summed E-state index contributed by atoms with van der Waals surface area (Å²) >= 11 is 0. The molecule has 5 nitrogen and oxygen atoms in total. The van der Waals surface area contributed by atoms with Gasteiger partial charge in [-0.05, 0) is 25.0 Å². The lowest BCUT2D eigenvalue weighted by Crippen LogP contribution is -2.28. The number of nitrogens with zero attached hydrogens (tertiary/aromatic N) is 2. The summed E-state index contributed by atoms with van der Waals surface area (Å²) in [7, 11) is 3.69. The van der Waals surface area contributed by atoms with Gasteiger partial charge in [-0.3, -0.25) is 4.57 Å². The van der Waals surface area contributed by atoms with Gasteiger partial charge in [0.15, 0.2) is 5.58 Å². The van der Waals surface area contributed by atoms with Gasteiger partial charge in [-0.15, -0.1) is 0 Å². The van der Waals surface area contributed by atoms with Crippen molar-refractivity contribution in [3.8, 4) is 0 Å². The lowest BCUT2D eigenvalue weighted by atomic mass is 10.1. The Labute approximate surface area is 111 Å². The molecule has 2 aromatic rings. The minimum Gasteiger partial charge on any atom is -0.408 e. The van der Waals surface area contributed by atoms with E-state index in [9.17, 15) is 9.90 Å². The maximum absolute atomic E-state index is 11.5. The molecular weight excluding hydrogens is 244 g/mol. The molecule has 1 aliphatic carbocycles. The molecule has 0 spiro atoms. The molecule has 3 rings (SSSR count). The van der Waals surface area contributed by atoms with Crippen LogP contribution in [0.15, 0.2) is 27.4 Å². The molecule has 0 atom stereocenters. The van der Waals surface area contributed by atoms with Gasteiger partial charge in [-0.1, -0.05) is 0 Å². The summed E-state index contributed by atoms with van der Waals surface area (Å²) in [5, 5.41) is 9.37. The standard InChI is InChI=1S/C14H18N2O3/c1-15(8-14(9-17)5-6-14)10-3-4-11-12(7-10)19-13(18)16(11)2/h3-4,7,17H,5-6,8-9H2,1-2H3. The van der Waals surface area contributed by atoms with Crippen molar-refractivity contribution in [2.75, 3.05) is 25.1 Å². The first-order valence-corrected chi connectivity index (χ1v) is 6.46. The van der Waals surface area contributed by atoms with Crippen LogP contribution < -0.4 is 10.7 Å². The van der Waals surface area contributed by atoms with Crippen LogP contribution in [0.5, 0.6) is 0 Å². The number of aliphatic hydroxyl groups is 1. The van der Waals surface area contributed by atoms with Crippen LogP contribution in [0.2, 0.25) is 0 Å². The summed E-state index contributed by atoms with van der Waals surface area (Å²) in [6.07, 6.45) is 2.16. The third-order valence-corrected chi connectivity index (χ3v) is 4.08. The fourth-order valence-corrected chi connectivity index (χ4v) is 2.50. The molecule has 1 saturated carbocycles. The number of aromatic nitrogens is 1. The SMILES string of the molecule is CN(CC1(CO)CC1)c1ccc2c(c1)oc(=O)n2C. The number of hydrogen-bond donors (Lipinski definition) is 1. The average Bonchev–Trinajstić information content (AvgIpc) is 3.12. The Balaban J connectivity index is 1.90. The first-order chi connectivity index (χ1) is 9.04. The molecule has 0 radical (unpaired) electrons. The second-order valence-corrected chi connectivity index (χ2v) is 5.59. The third-order valence-electron chi connectivity index (χ3n) is 4.08. The van der Waals surface area contributed by atoms with E-state index in [0.29, 0.717) is 5.58 Å². The molecule has 1 N–H and O–H groups in total. The van der Waals surface area contributed by atoms with Gasteiger partial charge in [0.05, 0.1) is 12.1 Å². The molecule has 0 saturated heterocycles. The van der Waals surface area contributed by atoms with E-state index in [1.54, 1.807) is 7.05 Å². The largest absolute Gasteiger partial charge is 0.419 e. The van der Waals surface area contributed by atoms with Gasteiger partial charge in [0.2, 0.25) is 0 Å². The molecule has 0 unspecified atom stereocenters. The molecule has 1 heterocycles. The highest BCUT2D eigenvalue weighted by Gasteiger charge is 2.42. The Bertz CT molecular complexity index is 667. The van der Waals surface area contributed by atoms with Crippen molar-refractivity contribution >= 4 is 16.8 Å². The Morgan fingerprint density at radius 3 is 2.84 bits per heavy atom. The zero-order valence-corrected chi connectivity index (χ0v) is 11.2. The number of oxazole rings is 1. The first-order valence-electron chi connectivity index (χ1n) is 6.46. The van der Waals surface area contributed by atoms with E-state index in [2.05, 4.69) is 4.90 Å². The number of anilines is 1. The van der Waals surface area contributed by atoms with Crippen molar-refractivity contribution in [3.63, 3.8) is 0 Å². The molecule has 102 valence electrons. The fraction of sp³-hybridized carbons (Fsp3) is 0.500. The summed E-state index contributed by atoms with van der Waals surface area (Å²) < 4.78 is 6.69. The van der Waals surface area contributed by atoms with Gasteiger partial charge in [-0.25, -0.2) is 4.79 Å². The Morgan fingerprint density at radius 1 is 1.47 bits per heavy atom. The number of fused-ring (bicyclic) bond motifs is 1. The van der Waals surface area contributed by atoms with Gasteiger partial charge in [0.1, 0.15) is 0 Å². The van der Waals surface area contributed by atoms with E-state index in [-0.39, 0.29) is 17.8 Å². The van der Waals surface area contributed by atoms with Gasteiger partial charge < -0.3 is 14.4 Å². The van der Waals surface area contributed by atoms with Gasteiger partial charge >= 0.3 is 5.76 Å². The topological polar surface area (TPSA) is 58.6 Å². The third kappa shape index (κ3) is 2.04. The molecular formula is C14H18N2O3. The van der Waals surface area contributed by atoms with Crippen molar-refractivity contribution < 1.29 is 9.52 Å². The van der Waals surface area contributed by atoms with E-state index < -0.39 is 0 Å². The van der Waals surface area contributed by atoms with Gasteiger partial charge in [0.25, 0.3) is 0 Å². The van der Waals surface area contributed by atoms with Crippen LogP contribution in [0.1, 0.15) is 12.8 Å². The van der Waals surface area contributed by atoms with Crippen LogP contribution in [0.3, 0.4) is 0 Å². The summed E-state index contributed by atoms with van der Waals surface area (Å²) in [5.74, 6) is -0.344. The molecule has 0 amide bonds. The number of benzene rings is 1. The molecule has 1 fully saturated rings. The van der Waals surface area contributed by atoms with Crippen molar-refractivity contribution in [1.29, 1.82) is 0 Å². The first kappa shape index (κ1) is 12.3. The number of rotatable bonds is 4. The van der Waals surface area contributed by atoms with Crippen molar-refractivity contribution in [1.82, 2.24) is 4.57 Å². The highest BCUT2D eigenvalue weighted by molar-refractivity contribution is 5.77. The Morgan fingerprint density at radius 2 is 2.21 bits per heavy atom. The summed E-state index contributed by atoms with van der Waals surface area (Å²) in [6, 6.07) is 5.75. The van der Waals surface area contributed by atoms with Crippen molar-refractivity contribution in [2.24, 2.45) is 12.5 Å². The zero-order chi connectivity index (χ0) is 13.6. The van der Waals surface area contributed by atoms with Gasteiger partial charge in [-0.2, -0.15) is 0 Å². The van der Waals surface area contributed by atoms with Crippen LogP contribution in [0.25, 0.3) is 11.1 Å². The van der Waals surface area contributed by atoms with E-state index in [1.165, 1.54) is 4.57 Å². The minimum atomic E-state index is -0.344. The predicted molar refractivity (Wildman–Crippen MR) is 73.5 cm³/mol. The second kappa shape index (κ2) is 4.13. The van der Waals surface area contributed by atoms with Crippen LogP contribution in [0, 0.1) is 5.41 Å². The quantitative estimate of drug-likeness (QED) is 0.903. The average molecular weight is 262 g/mol. The maximum Gasteiger partial charge on any atom is 0.419 e. The Kier molecular flexibility index (Phi) is 2.67. The molecule has 1 aliphatic rings. The molecule has 0 aliphatic heterocycles. The van der Waals surface area contributed by atoms with Crippen molar-refractivity contribution in [3.05, 3.63) is 28.7 Å². The van der Waals surface area contributed by atoms with Crippen LogP contribution in [0.4, 0.5) is 5.69 Å². The van der Waals surface area contributed by atoms with E-state index in [0.717, 1.165) is 30.6 Å². The monoisotopic (exact) mass is 262 g/mol. The normalized spacial score (nSPS) is 16.8. The molecule has 1 aromatic heterocycles. The fourth-order valence-electron chi connectivity index (χ4n) is 2.50. The smallest absolute Gasteiger partial charge is 0.408 e. The summed E-state index contributed by atoms with van der Waals surface area (Å²) in [5.41, 5.74) is 2.47. The van der Waals surface area contributed by atoms with E-state index in [1.807, 2.05) is 25.2 Å². The van der Waals surface area contributed by atoms with E-state index >= 15 is 0 Å². The number of aryl methyl sites for hydroxylation is 1. The molecule has 19 heavy (non-hydrogen) atoms. The lowest BCUT2D eigenvalue weighted by molar-refractivity contribution is 0.215. The lowest BCUT2D eigenvalue weighted by Gasteiger charge is -2.24. The van der Waals surface area contributed by atoms with E-state index in [4.69, 9.17) is 4.42 Å². The Hall–Kier alpha value is -1.75. The summed E-state index contributed by atoms with van der Waals surface area (Å²) in [6.45, 7) is 1.06. The maximum atomic E-state index is 11.5.